The molecule has 7 heteroatoms. The second-order valence-corrected chi connectivity index (χ2v) is 5.70. The molecule has 2 aromatic carbocycles. The molecule has 0 bridgehead atoms. The van der Waals surface area contributed by atoms with E-state index in [1.54, 1.807) is 24.3 Å². The number of carbonyl (C=O) groups excluding carboxylic acids is 2. The van der Waals surface area contributed by atoms with Crippen molar-refractivity contribution in [1.82, 2.24) is 0 Å². The molecule has 0 spiro atoms. The van der Waals surface area contributed by atoms with Gasteiger partial charge in [0, 0.05) is 5.02 Å². The normalized spacial score (nSPS) is 22.8. The number of amides is 2. The minimum atomic E-state index is -0.818. The van der Waals surface area contributed by atoms with Crippen molar-refractivity contribution < 1.29 is 9.59 Å². The highest BCUT2D eigenvalue weighted by Crippen LogP contribution is 2.35. The molecule has 1 fully saturated rings. The van der Waals surface area contributed by atoms with E-state index in [-0.39, 0.29) is 11.8 Å². The number of fused-ring (bicyclic) bond motifs is 1. The molecule has 1 saturated heterocycles. The topological polar surface area (TPSA) is 65.3 Å². The molecule has 2 atom stereocenters. The SMILES string of the molecule is O=C1[C@@H]2N=NN(c3ccccc3)[C@H]2C(=O)N1c1cccc(Cl)c1. The summed E-state index contributed by atoms with van der Waals surface area (Å²) in [6.07, 6.45) is 0. The zero-order valence-corrected chi connectivity index (χ0v) is 12.6. The maximum atomic E-state index is 12.8. The Bertz CT molecular complexity index is 824. The predicted molar refractivity (Wildman–Crippen MR) is 85.3 cm³/mol. The third-order valence-electron chi connectivity index (χ3n) is 3.87. The summed E-state index contributed by atoms with van der Waals surface area (Å²) in [5, 5.41) is 9.95. The summed E-state index contributed by atoms with van der Waals surface area (Å²) in [6.45, 7) is 0. The molecule has 2 aliphatic heterocycles. The van der Waals surface area contributed by atoms with Crippen LogP contribution in [0.25, 0.3) is 0 Å². The quantitative estimate of drug-likeness (QED) is 0.797. The van der Waals surface area contributed by atoms with Crippen molar-refractivity contribution in [1.29, 1.82) is 0 Å². The summed E-state index contributed by atoms with van der Waals surface area (Å²) >= 11 is 5.96. The number of hydrogen-bond donors (Lipinski definition) is 0. The summed E-state index contributed by atoms with van der Waals surface area (Å²) in [6, 6.07) is 14.3. The Labute approximate surface area is 136 Å². The number of carbonyl (C=O) groups is 2. The molecule has 2 amide bonds. The van der Waals surface area contributed by atoms with E-state index in [1.807, 2.05) is 30.3 Å². The molecule has 0 unspecified atom stereocenters. The lowest BCUT2D eigenvalue weighted by molar-refractivity contribution is -0.121. The lowest BCUT2D eigenvalue weighted by atomic mass is 10.1. The standard InChI is InChI=1S/C16H11ClN4O2/c17-10-5-4-8-12(9-10)20-15(22)13-14(16(20)23)21(19-18-13)11-6-2-1-3-7-11/h1-9,13-14H/t13-,14-/m1/s1. The molecule has 6 nitrogen and oxygen atoms in total. The molecule has 2 aliphatic rings. The average Bonchev–Trinajstić information content (AvgIpc) is 3.09. The predicted octanol–water partition coefficient (Wildman–Crippen LogP) is 2.84. The van der Waals surface area contributed by atoms with Crippen LogP contribution in [0.3, 0.4) is 0 Å². The molecule has 0 radical (unpaired) electrons. The lowest BCUT2D eigenvalue weighted by Gasteiger charge is -2.20. The maximum Gasteiger partial charge on any atom is 0.263 e. The Morgan fingerprint density at radius 3 is 2.39 bits per heavy atom. The summed E-state index contributed by atoms with van der Waals surface area (Å²) in [5.41, 5.74) is 1.17. The summed E-state index contributed by atoms with van der Waals surface area (Å²) < 4.78 is 0. The molecule has 4 rings (SSSR count). The van der Waals surface area contributed by atoms with Gasteiger partial charge in [0.1, 0.15) is 0 Å². The van der Waals surface area contributed by atoms with Crippen molar-refractivity contribution in [2.45, 2.75) is 12.1 Å². The van der Waals surface area contributed by atoms with E-state index >= 15 is 0 Å². The van der Waals surface area contributed by atoms with Gasteiger partial charge in [0.05, 0.1) is 11.4 Å². The van der Waals surface area contributed by atoms with E-state index in [0.29, 0.717) is 10.7 Å². The smallest absolute Gasteiger partial charge is 0.263 e. The van der Waals surface area contributed by atoms with Gasteiger partial charge in [-0.05, 0) is 30.3 Å². The summed E-state index contributed by atoms with van der Waals surface area (Å²) in [4.78, 5) is 26.5. The second kappa shape index (κ2) is 5.17. The largest absolute Gasteiger partial charge is 0.271 e. The Morgan fingerprint density at radius 2 is 1.65 bits per heavy atom. The van der Waals surface area contributed by atoms with Gasteiger partial charge in [-0.2, -0.15) is 5.11 Å². The van der Waals surface area contributed by atoms with Gasteiger partial charge in [-0.15, -0.1) is 0 Å². The summed E-state index contributed by atoms with van der Waals surface area (Å²) in [7, 11) is 0. The van der Waals surface area contributed by atoms with E-state index in [4.69, 9.17) is 11.6 Å². The van der Waals surface area contributed by atoms with Crippen molar-refractivity contribution in [3.05, 3.63) is 59.6 Å². The van der Waals surface area contributed by atoms with Gasteiger partial charge < -0.3 is 0 Å². The van der Waals surface area contributed by atoms with Crippen LogP contribution < -0.4 is 9.91 Å². The van der Waals surface area contributed by atoms with E-state index in [9.17, 15) is 9.59 Å². The number of benzene rings is 2. The van der Waals surface area contributed by atoms with Gasteiger partial charge in [-0.3, -0.25) is 9.59 Å². The minimum Gasteiger partial charge on any atom is -0.271 e. The lowest BCUT2D eigenvalue weighted by Crippen LogP contribution is -2.39. The summed E-state index contributed by atoms with van der Waals surface area (Å²) in [5.74, 6) is -0.736. The molecule has 23 heavy (non-hydrogen) atoms. The first-order chi connectivity index (χ1) is 11.2. The Kier molecular flexibility index (Phi) is 3.12. The van der Waals surface area contributed by atoms with Crippen molar-refractivity contribution in [2.75, 3.05) is 9.91 Å². The maximum absolute atomic E-state index is 12.8. The number of rotatable bonds is 2. The third-order valence-corrected chi connectivity index (χ3v) is 4.10. The van der Waals surface area contributed by atoms with E-state index in [1.165, 1.54) is 5.01 Å². The van der Waals surface area contributed by atoms with Crippen LogP contribution in [0.1, 0.15) is 0 Å². The highest BCUT2D eigenvalue weighted by molar-refractivity contribution is 6.31. The van der Waals surface area contributed by atoms with E-state index < -0.39 is 12.1 Å². The van der Waals surface area contributed by atoms with Crippen molar-refractivity contribution in [3.63, 3.8) is 0 Å². The molecule has 2 heterocycles. The van der Waals surface area contributed by atoms with Crippen LogP contribution in [-0.2, 0) is 9.59 Å². The van der Waals surface area contributed by atoms with Gasteiger partial charge >= 0.3 is 0 Å². The molecule has 0 saturated carbocycles. The fourth-order valence-electron chi connectivity index (χ4n) is 2.82. The van der Waals surface area contributed by atoms with Crippen LogP contribution in [0.2, 0.25) is 5.02 Å². The highest BCUT2D eigenvalue weighted by Gasteiger charge is 2.55. The fourth-order valence-corrected chi connectivity index (χ4v) is 3.01. The van der Waals surface area contributed by atoms with Gasteiger partial charge in [-0.1, -0.05) is 41.1 Å². The zero-order valence-electron chi connectivity index (χ0n) is 11.8. The number of halogens is 1. The van der Waals surface area contributed by atoms with Crippen LogP contribution in [-0.4, -0.2) is 23.9 Å². The van der Waals surface area contributed by atoms with Gasteiger partial charge in [0.25, 0.3) is 11.8 Å². The second-order valence-electron chi connectivity index (χ2n) is 5.27. The monoisotopic (exact) mass is 326 g/mol. The zero-order chi connectivity index (χ0) is 16.0. The third kappa shape index (κ3) is 2.10. The molecule has 2 aromatic rings. The number of para-hydroxylation sites is 1. The van der Waals surface area contributed by atoms with Crippen LogP contribution in [0.5, 0.6) is 0 Å². The van der Waals surface area contributed by atoms with Crippen LogP contribution in [0, 0.1) is 0 Å². The first-order valence-electron chi connectivity index (χ1n) is 7.05. The number of imide groups is 1. The molecular weight excluding hydrogens is 316 g/mol. The Hall–Kier alpha value is -2.73. The number of anilines is 2. The van der Waals surface area contributed by atoms with Crippen molar-refractivity contribution in [2.24, 2.45) is 10.3 Å². The first-order valence-corrected chi connectivity index (χ1v) is 7.43. The Balaban J connectivity index is 1.72. The minimum absolute atomic E-state index is 0.351. The van der Waals surface area contributed by atoms with Crippen LogP contribution in [0.15, 0.2) is 64.9 Å². The number of hydrogen-bond acceptors (Lipinski definition) is 5. The van der Waals surface area contributed by atoms with Gasteiger partial charge in [0.2, 0.25) is 0 Å². The molecular formula is C16H11ClN4O2. The van der Waals surface area contributed by atoms with Gasteiger partial charge in [0.15, 0.2) is 12.1 Å². The average molecular weight is 327 g/mol. The van der Waals surface area contributed by atoms with Crippen molar-refractivity contribution in [3.8, 4) is 0 Å². The van der Waals surface area contributed by atoms with Crippen molar-refractivity contribution >= 4 is 34.8 Å². The van der Waals surface area contributed by atoms with E-state index in [2.05, 4.69) is 10.3 Å². The Morgan fingerprint density at radius 1 is 0.913 bits per heavy atom. The fraction of sp³-hybridized carbons (Fsp3) is 0.125. The molecule has 0 aromatic heterocycles. The highest BCUT2D eigenvalue weighted by atomic mass is 35.5. The number of nitrogens with zero attached hydrogens (tertiary/aromatic N) is 4. The van der Waals surface area contributed by atoms with Crippen LogP contribution >= 0.6 is 11.6 Å². The molecule has 0 N–H and O–H groups in total. The first kappa shape index (κ1) is 13.9. The molecule has 114 valence electrons. The van der Waals surface area contributed by atoms with Crippen LogP contribution in [0.4, 0.5) is 11.4 Å². The van der Waals surface area contributed by atoms with E-state index in [0.717, 1.165) is 10.6 Å². The van der Waals surface area contributed by atoms with Gasteiger partial charge in [-0.25, -0.2) is 9.91 Å². The molecule has 0 aliphatic carbocycles.